The van der Waals surface area contributed by atoms with Gasteiger partial charge in [0.15, 0.2) is 5.82 Å². The quantitative estimate of drug-likeness (QED) is 0.747. The molecule has 2 aromatic heterocycles. The van der Waals surface area contributed by atoms with E-state index in [1.807, 2.05) is 17.8 Å². The Morgan fingerprint density at radius 3 is 2.93 bits per heavy atom. The van der Waals surface area contributed by atoms with Crippen molar-refractivity contribution >= 4 is 0 Å². The highest BCUT2D eigenvalue weighted by Crippen LogP contribution is 2.35. The van der Waals surface area contributed by atoms with E-state index >= 15 is 0 Å². The lowest BCUT2D eigenvalue weighted by Crippen LogP contribution is -2.08. The Morgan fingerprint density at radius 2 is 2.33 bits per heavy atom. The Bertz CT molecular complexity index is 469. The van der Waals surface area contributed by atoms with E-state index in [1.165, 1.54) is 19.3 Å². The Labute approximate surface area is 87.1 Å². The van der Waals surface area contributed by atoms with Gasteiger partial charge < -0.3 is 9.09 Å². The van der Waals surface area contributed by atoms with E-state index in [1.54, 1.807) is 6.20 Å². The van der Waals surface area contributed by atoms with E-state index in [0.717, 1.165) is 11.7 Å². The first-order valence-corrected chi connectivity index (χ1v) is 5.16. The van der Waals surface area contributed by atoms with E-state index in [0.29, 0.717) is 11.7 Å². The number of hydrogen-bond acceptors (Lipinski definition) is 4. The molecule has 78 valence electrons. The third kappa shape index (κ3) is 1.35. The molecule has 5 nitrogen and oxygen atoms in total. The van der Waals surface area contributed by atoms with Gasteiger partial charge in [-0.05, 0) is 12.8 Å². The van der Waals surface area contributed by atoms with E-state index in [9.17, 15) is 0 Å². The van der Waals surface area contributed by atoms with Gasteiger partial charge >= 0.3 is 0 Å². The molecule has 0 aliphatic heterocycles. The Hall–Kier alpha value is -1.65. The Kier molecular flexibility index (Phi) is 1.83. The molecule has 1 fully saturated rings. The van der Waals surface area contributed by atoms with Crippen molar-refractivity contribution in [3.8, 4) is 11.6 Å². The van der Waals surface area contributed by atoms with Gasteiger partial charge in [0.25, 0.3) is 0 Å². The third-order valence-corrected chi connectivity index (χ3v) is 2.92. The SMILES string of the molecule is Cn1ccnc1-c1noc(C2CCC2)n1. The second-order valence-electron chi connectivity index (χ2n) is 3.95. The van der Waals surface area contributed by atoms with Crippen LogP contribution >= 0.6 is 0 Å². The van der Waals surface area contributed by atoms with Crippen molar-refractivity contribution in [2.45, 2.75) is 25.2 Å². The molecule has 0 radical (unpaired) electrons. The van der Waals surface area contributed by atoms with Gasteiger partial charge in [-0.25, -0.2) is 4.98 Å². The topological polar surface area (TPSA) is 56.7 Å². The first kappa shape index (κ1) is 8.64. The lowest BCUT2D eigenvalue weighted by molar-refractivity contribution is 0.292. The summed E-state index contributed by atoms with van der Waals surface area (Å²) in [5, 5.41) is 3.95. The monoisotopic (exact) mass is 204 g/mol. The maximum Gasteiger partial charge on any atom is 0.238 e. The molecule has 1 aliphatic rings. The molecular weight excluding hydrogens is 192 g/mol. The van der Waals surface area contributed by atoms with E-state index in [-0.39, 0.29) is 0 Å². The van der Waals surface area contributed by atoms with Crippen LogP contribution in [0.3, 0.4) is 0 Å². The molecule has 0 unspecified atom stereocenters. The van der Waals surface area contributed by atoms with Crippen LogP contribution < -0.4 is 0 Å². The lowest BCUT2D eigenvalue weighted by atomic mass is 9.85. The molecule has 0 saturated heterocycles. The van der Waals surface area contributed by atoms with Crippen LogP contribution in [0.25, 0.3) is 11.6 Å². The fraction of sp³-hybridized carbons (Fsp3) is 0.500. The van der Waals surface area contributed by atoms with Crippen LogP contribution in [0, 0.1) is 0 Å². The molecule has 1 saturated carbocycles. The molecule has 1 aliphatic carbocycles. The van der Waals surface area contributed by atoms with Crippen molar-refractivity contribution in [1.29, 1.82) is 0 Å². The highest BCUT2D eigenvalue weighted by atomic mass is 16.5. The Balaban J connectivity index is 1.93. The highest BCUT2D eigenvalue weighted by molar-refractivity contribution is 5.42. The van der Waals surface area contributed by atoms with Crippen LogP contribution in [0.4, 0.5) is 0 Å². The minimum Gasteiger partial charge on any atom is -0.339 e. The molecule has 15 heavy (non-hydrogen) atoms. The van der Waals surface area contributed by atoms with E-state index in [4.69, 9.17) is 4.52 Å². The van der Waals surface area contributed by atoms with Crippen molar-refractivity contribution in [3.63, 3.8) is 0 Å². The van der Waals surface area contributed by atoms with Crippen molar-refractivity contribution in [2.24, 2.45) is 7.05 Å². The van der Waals surface area contributed by atoms with Crippen molar-refractivity contribution in [3.05, 3.63) is 18.3 Å². The molecule has 2 aromatic rings. The van der Waals surface area contributed by atoms with Crippen LogP contribution in [-0.2, 0) is 7.05 Å². The fourth-order valence-electron chi connectivity index (χ4n) is 1.73. The van der Waals surface area contributed by atoms with Crippen LogP contribution in [0.5, 0.6) is 0 Å². The maximum absolute atomic E-state index is 5.23. The molecule has 0 N–H and O–H groups in total. The minimum atomic E-state index is 0.478. The molecule has 0 aromatic carbocycles. The molecule has 3 rings (SSSR count). The van der Waals surface area contributed by atoms with Crippen LogP contribution in [0.2, 0.25) is 0 Å². The van der Waals surface area contributed by atoms with Gasteiger partial charge in [-0.15, -0.1) is 0 Å². The van der Waals surface area contributed by atoms with Crippen LogP contribution in [-0.4, -0.2) is 19.7 Å². The second kappa shape index (κ2) is 3.18. The number of nitrogens with zero attached hydrogens (tertiary/aromatic N) is 4. The molecule has 0 amide bonds. The van der Waals surface area contributed by atoms with Gasteiger partial charge in [-0.3, -0.25) is 0 Å². The number of aromatic nitrogens is 4. The molecule has 0 spiro atoms. The lowest BCUT2D eigenvalue weighted by Gasteiger charge is -2.20. The first-order valence-electron chi connectivity index (χ1n) is 5.16. The highest BCUT2D eigenvalue weighted by Gasteiger charge is 2.26. The Morgan fingerprint density at radius 1 is 1.47 bits per heavy atom. The normalized spacial score (nSPS) is 16.6. The van der Waals surface area contributed by atoms with Gasteiger partial charge in [0.05, 0.1) is 0 Å². The molecular formula is C10H12N4O. The number of hydrogen-bond donors (Lipinski definition) is 0. The average Bonchev–Trinajstić information content (AvgIpc) is 2.70. The van der Waals surface area contributed by atoms with Crippen molar-refractivity contribution in [2.75, 3.05) is 0 Å². The van der Waals surface area contributed by atoms with Gasteiger partial charge in [0.1, 0.15) is 0 Å². The average molecular weight is 204 g/mol. The van der Waals surface area contributed by atoms with Crippen molar-refractivity contribution in [1.82, 2.24) is 19.7 Å². The summed E-state index contributed by atoms with van der Waals surface area (Å²) in [5.41, 5.74) is 0. The predicted octanol–water partition coefficient (Wildman–Crippen LogP) is 1.74. The van der Waals surface area contributed by atoms with E-state index in [2.05, 4.69) is 15.1 Å². The first-order chi connectivity index (χ1) is 7.34. The summed E-state index contributed by atoms with van der Waals surface area (Å²) in [7, 11) is 1.92. The molecule has 2 heterocycles. The van der Waals surface area contributed by atoms with Gasteiger partial charge in [-0.1, -0.05) is 11.6 Å². The summed E-state index contributed by atoms with van der Waals surface area (Å²) in [6.45, 7) is 0. The summed E-state index contributed by atoms with van der Waals surface area (Å²) >= 11 is 0. The number of aryl methyl sites for hydroxylation is 1. The largest absolute Gasteiger partial charge is 0.339 e. The zero-order chi connectivity index (χ0) is 10.3. The fourth-order valence-corrected chi connectivity index (χ4v) is 1.73. The molecule has 0 atom stereocenters. The standard InChI is InChI=1S/C10H12N4O/c1-14-6-5-11-9(14)8-12-10(15-13-8)7-3-2-4-7/h5-7H,2-4H2,1H3. The summed E-state index contributed by atoms with van der Waals surface area (Å²) < 4.78 is 7.12. The van der Waals surface area contributed by atoms with Crippen LogP contribution in [0.1, 0.15) is 31.1 Å². The second-order valence-corrected chi connectivity index (χ2v) is 3.95. The van der Waals surface area contributed by atoms with Gasteiger partial charge in [0, 0.05) is 25.4 Å². The van der Waals surface area contributed by atoms with Gasteiger partial charge in [-0.2, -0.15) is 4.98 Å². The predicted molar refractivity (Wildman–Crippen MR) is 53.1 cm³/mol. The molecule has 0 bridgehead atoms. The number of imidazole rings is 1. The molecule has 5 heteroatoms. The zero-order valence-corrected chi connectivity index (χ0v) is 8.55. The smallest absolute Gasteiger partial charge is 0.238 e. The third-order valence-electron chi connectivity index (χ3n) is 2.92. The van der Waals surface area contributed by atoms with E-state index < -0.39 is 0 Å². The van der Waals surface area contributed by atoms with Crippen LogP contribution in [0.15, 0.2) is 16.9 Å². The summed E-state index contributed by atoms with van der Waals surface area (Å²) in [5.74, 6) is 2.58. The maximum atomic E-state index is 5.23. The minimum absolute atomic E-state index is 0.478. The summed E-state index contributed by atoms with van der Waals surface area (Å²) in [6, 6.07) is 0. The number of rotatable bonds is 2. The zero-order valence-electron chi connectivity index (χ0n) is 8.55. The van der Waals surface area contributed by atoms with Crippen molar-refractivity contribution < 1.29 is 4.52 Å². The summed E-state index contributed by atoms with van der Waals surface area (Å²) in [4.78, 5) is 8.55. The summed E-state index contributed by atoms with van der Waals surface area (Å²) in [6.07, 6.45) is 7.21. The van der Waals surface area contributed by atoms with Gasteiger partial charge in [0.2, 0.25) is 11.7 Å².